The van der Waals surface area contributed by atoms with Gasteiger partial charge in [0.05, 0.1) is 0 Å². The summed E-state index contributed by atoms with van der Waals surface area (Å²) >= 11 is 3.92. The molecule has 3 nitrogen and oxygen atoms in total. The summed E-state index contributed by atoms with van der Waals surface area (Å²) in [5.74, 6) is 2.12. The number of halogens is 1. The van der Waals surface area contributed by atoms with Crippen molar-refractivity contribution in [3.05, 3.63) is 11.6 Å². The highest BCUT2D eigenvalue weighted by Gasteiger charge is 2.61. The third kappa shape index (κ3) is 2.57. The van der Waals surface area contributed by atoms with E-state index in [1.54, 1.807) is 0 Å². The van der Waals surface area contributed by atoms with Crippen molar-refractivity contribution in [3.63, 3.8) is 0 Å². The van der Waals surface area contributed by atoms with Crippen LogP contribution in [-0.2, 0) is 14.3 Å². The van der Waals surface area contributed by atoms with Gasteiger partial charge in [0.1, 0.15) is 6.10 Å². The number of carbonyl (C=O) groups excluding carboxylic acids is 2. The minimum atomic E-state index is -0.140. The summed E-state index contributed by atoms with van der Waals surface area (Å²) in [4.78, 5) is 23.9. The average molecular weight is 409 g/mol. The first kappa shape index (κ1) is 17.8. The summed E-state index contributed by atoms with van der Waals surface area (Å²) in [6.07, 6.45) is 9.35. The molecule has 3 fully saturated rings. The lowest BCUT2D eigenvalue weighted by Crippen LogP contribution is -2.53. The smallest absolute Gasteiger partial charge is 0.302 e. The Kier molecular flexibility index (Phi) is 4.22. The van der Waals surface area contributed by atoms with Crippen LogP contribution in [0.2, 0.25) is 0 Å². The zero-order valence-corrected chi connectivity index (χ0v) is 17.1. The molecular formula is C21H29BrO3. The number of ketones is 1. The standard InChI is InChI=1S/C21H29BrO3/c1-12(23)25-19-5-4-15-14-11-18(22)17-10-13(24)6-8-20(17,2)16(14)7-9-21(15,19)3/h10,14-16,18-19H,4-9,11H2,1-3H3/t14-,15-,16+,18?,19?,20+,21-/m0/s1. The normalized spacial score (nSPS) is 48.9. The van der Waals surface area contributed by atoms with E-state index >= 15 is 0 Å². The third-order valence-corrected chi connectivity index (χ3v) is 9.03. The van der Waals surface area contributed by atoms with Gasteiger partial charge in [-0.15, -0.1) is 0 Å². The number of esters is 1. The average Bonchev–Trinajstić information content (AvgIpc) is 2.86. The van der Waals surface area contributed by atoms with Crippen LogP contribution < -0.4 is 0 Å². The van der Waals surface area contributed by atoms with Crippen LogP contribution in [0.25, 0.3) is 0 Å². The molecule has 0 N–H and O–H groups in total. The van der Waals surface area contributed by atoms with Crippen LogP contribution in [0.15, 0.2) is 11.6 Å². The number of allylic oxidation sites excluding steroid dienone is 1. The molecule has 0 heterocycles. The van der Waals surface area contributed by atoms with Gasteiger partial charge in [-0.25, -0.2) is 0 Å². The molecule has 0 aliphatic heterocycles. The maximum absolute atomic E-state index is 12.0. The molecule has 4 aliphatic rings. The largest absolute Gasteiger partial charge is 0.462 e. The molecule has 2 unspecified atom stereocenters. The molecule has 0 saturated heterocycles. The van der Waals surface area contributed by atoms with Gasteiger partial charge >= 0.3 is 5.97 Å². The molecule has 0 bridgehead atoms. The second-order valence-corrected chi connectivity index (χ2v) is 10.4. The molecule has 0 spiro atoms. The maximum Gasteiger partial charge on any atom is 0.302 e. The van der Waals surface area contributed by atoms with E-state index in [0.717, 1.165) is 25.7 Å². The van der Waals surface area contributed by atoms with Crippen molar-refractivity contribution in [3.8, 4) is 0 Å². The highest BCUT2D eigenvalue weighted by molar-refractivity contribution is 9.09. The molecule has 0 aromatic heterocycles. The fourth-order valence-corrected chi connectivity index (χ4v) is 7.99. The van der Waals surface area contributed by atoms with Crippen LogP contribution >= 0.6 is 15.9 Å². The van der Waals surface area contributed by atoms with Gasteiger partial charge in [-0.3, -0.25) is 9.59 Å². The topological polar surface area (TPSA) is 43.4 Å². The molecule has 0 aromatic carbocycles. The second-order valence-electron chi connectivity index (χ2n) is 9.28. The number of rotatable bonds is 1. The first-order valence-electron chi connectivity index (χ1n) is 9.82. The lowest BCUT2D eigenvalue weighted by Gasteiger charge is -2.59. The maximum atomic E-state index is 12.0. The molecule has 4 rings (SSSR count). The van der Waals surface area contributed by atoms with Crippen LogP contribution in [0.4, 0.5) is 0 Å². The van der Waals surface area contributed by atoms with E-state index < -0.39 is 0 Å². The predicted molar refractivity (Wildman–Crippen MR) is 100 cm³/mol. The summed E-state index contributed by atoms with van der Waals surface area (Å²) in [6, 6.07) is 0. The van der Waals surface area contributed by atoms with E-state index in [0.29, 0.717) is 34.8 Å². The number of alkyl halides is 1. The van der Waals surface area contributed by atoms with E-state index in [1.165, 1.54) is 25.3 Å². The molecule has 4 aliphatic carbocycles. The van der Waals surface area contributed by atoms with Crippen LogP contribution in [0, 0.1) is 28.6 Å². The Hall–Kier alpha value is -0.640. The lowest BCUT2D eigenvalue weighted by molar-refractivity contribution is -0.157. The zero-order chi connectivity index (χ0) is 18.0. The van der Waals surface area contributed by atoms with Gasteiger partial charge in [-0.1, -0.05) is 29.8 Å². The van der Waals surface area contributed by atoms with Crippen molar-refractivity contribution in [2.45, 2.75) is 76.6 Å². The monoisotopic (exact) mass is 408 g/mol. The van der Waals surface area contributed by atoms with Crippen LogP contribution in [0.5, 0.6) is 0 Å². The van der Waals surface area contributed by atoms with Crippen molar-refractivity contribution < 1.29 is 14.3 Å². The van der Waals surface area contributed by atoms with Crippen LogP contribution in [-0.4, -0.2) is 22.7 Å². The highest BCUT2D eigenvalue weighted by atomic mass is 79.9. The molecule has 4 heteroatoms. The molecule has 7 atom stereocenters. The van der Waals surface area contributed by atoms with Gasteiger partial charge in [0.25, 0.3) is 0 Å². The van der Waals surface area contributed by atoms with Crippen LogP contribution in [0.3, 0.4) is 0 Å². The Bertz CT molecular complexity index is 641. The molecule has 138 valence electrons. The molecule has 0 radical (unpaired) electrons. The molecular weight excluding hydrogens is 380 g/mol. The lowest BCUT2D eigenvalue weighted by atomic mass is 9.47. The quantitative estimate of drug-likeness (QED) is 0.461. The summed E-state index contributed by atoms with van der Waals surface area (Å²) in [5, 5.41) is 0. The second kappa shape index (κ2) is 5.94. The Labute approximate surface area is 159 Å². The van der Waals surface area contributed by atoms with E-state index in [2.05, 4.69) is 29.8 Å². The van der Waals surface area contributed by atoms with Crippen molar-refractivity contribution in [2.24, 2.45) is 28.6 Å². The van der Waals surface area contributed by atoms with Crippen molar-refractivity contribution in [1.82, 2.24) is 0 Å². The Balaban J connectivity index is 1.66. The fraction of sp³-hybridized carbons (Fsp3) is 0.810. The first-order chi connectivity index (χ1) is 11.8. The number of carbonyl (C=O) groups is 2. The van der Waals surface area contributed by atoms with Crippen molar-refractivity contribution in [2.75, 3.05) is 0 Å². The number of hydrogen-bond donors (Lipinski definition) is 0. The van der Waals surface area contributed by atoms with Gasteiger partial charge < -0.3 is 4.74 Å². The van der Waals surface area contributed by atoms with Crippen LogP contribution in [0.1, 0.15) is 65.7 Å². The highest BCUT2D eigenvalue weighted by Crippen LogP contribution is 2.66. The Morgan fingerprint density at radius 3 is 2.68 bits per heavy atom. The summed E-state index contributed by atoms with van der Waals surface area (Å²) in [5.41, 5.74) is 1.64. The molecule has 0 amide bonds. The Morgan fingerprint density at radius 2 is 1.96 bits per heavy atom. The van der Waals surface area contributed by atoms with Gasteiger partial charge in [-0.2, -0.15) is 0 Å². The summed E-state index contributed by atoms with van der Waals surface area (Å²) < 4.78 is 5.73. The van der Waals surface area contributed by atoms with E-state index in [-0.39, 0.29) is 22.9 Å². The SMILES string of the molecule is CC(=O)OC1CC[C@H]2[C@@H]3CC(Br)C4=CC(=O)CC[C@]4(C)[C@@H]3CC[C@]12C. The minimum Gasteiger partial charge on any atom is -0.462 e. The molecule has 0 aromatic rings. The van der Waals surface area contributed by atoms with Gasteiger partial charge in [0, 0.05) is 23.6 Å². The number of ether oxygens (including phenoxy) is 1. The Morgan fingerprint density at radius 1 is 1.20 bits per heavy atom. The summed E-state index contributed by atoms with van der Waals surface area (Å²) in [6.45, 7) is 6.29. The van der Waals surface area contributed by atoms with Gasteiger partial charge in [0.2, 0.25) is 0 Å². The zero-order valence-electron chi connectivity index (χ0n) is 15.5. The third-order valence-electron chi connectivity index (χ3n) is 8.16. The van der Waals surface area contributed by atoms with E-state index in [1.807, 2.05) is 6.08 Å². The number of fused-ring (bicyclic) bond motifs is 5. The van der Waals surface area contributed by atoms with Gasteiger partial charge in [0.15, 0.2) is 5.78 Å². The first-order valence-corrected chi connectivity index (χ1v) is 10.7. The van der Waals surface area contributed by atoms with Crippen molar-refractivity contribution in [1.29, 1.82) is 0 Å². The number of hydrogen-bond acceptors (Lipinski definition) is 3. The van der Waals surface area contributed by atoms with E-state index in [9.17, 15) is 9.59 Å². The fourth-order valence-electron chi connectivity index (χ4n) is 6.90. The molecule has 3 saturated carbocycles. The summed E-state index contributed by atoms with van der Waals surface area (Å²) in [7, 11) is 0. The van der Waals surface area contributed by atoms with Gasteiger partial charge in [-0.05, 0) is 73.3 Å². The van der Waals surface area contributed by atoms with Crippen molar-refractivity contribution >= 4 is 27.7 Å². The van der Waals surface area contributed by atoms with E-state index in [4.69, 9.17) is 4.74 Å². The molecule has 25 heavy (non-hydrogen) atoms. The minimum absolute atomic E-state index is 0.0856. The predicted octanol–water partition coefficient (Wildman–Crippen LogP) is 4.82.